The molecular weight excluding hydrogens is 539 g/mol. The second kappa shape index (κ2) is 10.5. The highest BCUT2D eigenvalue weighted by Gasteiger charge is 2.36. The van der Waals surface area contributed by atoms with Gasteiger partial charge in [0.15, 0.2) is 11.5 Å². The van der Waals surface area contributed by atoms with Crippen LogP contribution in [-0.2, 0) is 11.0 Å². The molecule has 3 aromatic heterocycles. The standard InChI is InChI=1S/C24H23ClF3N9O2/c25-17-11-14(1-2-15(17)23(39)36-9-7-35(8-10-36)19(38)3-4-29)33-21-22-31-13-18(37(22)6-5-30-21)16-12-32-34-20(16)24(26,27)28/h1-2,5-6,11-13H,3-4,7-10,29H2,(H,30,33)(H,32,34). The van der Waals surface area contributed by atoms with Crippen LogP contribution >= 0.6 is 11.6 Å². The molecule has 4 N–H and O–H groups in total. The average Bonchev–Trinajstić information content (AvgIpc) is 3.56. The van der Waals surface area contributed by atoms with Crippen LogP contribution in [0.15, 0.2) is 43.0 Å². The van der Waals surface area contributed by atoms with Gasteiger partial charge in [-0.1, -0.05) is 11.6 Å². The maximum atomic E-state index is 13.4. The zero-order chi connectivity index (χ0) is 27.7. The molecule has 4 aromatic rings. The Bertz CT molecular complexity index is 1530. The molecule has 0 radical (unpaired) electrons. The smallest absolute Gasteiger partial charge is 0.339 e. The van der Waals surface area contributed by atoms with Crippen LogP contribution in [0, 0.1) is 0 Å². The van der Waals surface area contributed by atoms with Gasteiger partial charge in [0, 0.05) is 57.2 Å². The van der Waals surface area contributed by atoms with E-state index < -0.39 is 11.9 Å². The van der Waals surface area contributed by atoms with Gasteiger partial charge in [-0.15, -0.1) is 0 Å². The number of alkyl halides is 3. The predicted molar refractivity (Wildman–Crippen MR) is 136 cm³/mol. The number of carbonyl (C=O) groups excluding carboxylic acids is 2. The number of H-pyrrole nitrogens is 1. The van der Waals surface area contributed by atoms with Gasteiger partial charge in [0.2, 0.25) is 5.91 Å². The number of aromatic nitrogens is 5. The first-order valence-corrected chi connectivity index (χ1v) is 12.3. The van der Waals surface area contributed by atoms with Crippen molar-refractivity contribution in [2.75, 3.05) is 38.0 Å². The third-order valence-electron chi connectivity index (χ3n) is 6.37. The van der Waals surface area contributed by atoms with Crippen LogP contribution in [0.2, 0.25) is 5.02 Å². The summed E-state index contributed by atoms with van der Waals surface area (Å²) >= 11 is 6.46. The minimum atomic E-state index is -4.62. The lowest BCUT2D eigenvalue weighted by molar-refractivity contribution is -0.140. The van der Waals surface area contributed by atoms with E-state index in [0.717, 1.165) is 6.20 Å². The predicted octanol–water partition coefficient (Wildman–Crippen LogP) is 3.17. The highest BCUT2D eigenvalue weighted by Crippen LogP contribution is 2.36. The number of fused-ring (bicyclic) bond motifs is 1. The fraction of sp³-hybridized carbons (Fsp3) is 0.292. The molecule has 2 amide bonds. The number of nitrogens with zero attached hydrogens (tertiary/aromatic N) is 6. The summed E-state index contributed by atoms with van der Waals surface area (Å²) in [4.78, 5) is 37.0. The van der Waals surface area contributed by atoms with Gasteiger partial charge >= 0.3 is 6.18 Å². The molecule has 1 aliphatic rings. The van der Waals surface area contributed by atoms with E-state index in [4.69, 9.17) is 17.3 Å². The lowest BCUT2D eigenvalue weighted by Crippen LogP contribution is -2.50. The van der Waals surface area contributed by atoms with E-state index in [1.807, 2.05) is 5.10 Å². The molecule has 0 atom stereocenters. The summed E-state index contributed by atoms with van der Waals surface area (Å²) in [6, 6.07) is 4.78. The van der Waals surface area contributed by atoms with Crippen molar-refractivity contribution >= 4 is 40.6 Å². The number of aromatic amines is 1. The highest BCUT2D eigenvalue weighted by molar-refractivity contribution is 6.34. The molecule has 15 heteroatoms. The van der Waals surface area contributed by atoms with Gasteiger partial charge in [0.1, 0.15) is 5.69 Å². The van der Waals surface area contributed by atoms with Crippen LogP contribution in [0.1, 0.15) is 22.5 Å². The minimum Gasteiger partial charge on any atom is -0.339 e. The number of nitrogens with one attached hydrogen (secondary N) is 2. The van der Waals surface area contributed by atoms with Gasteiger partial charge in [-0.2, -0.15) is 18.3 Å². The first-order valence-electron chi connectivity index (χ1n) is 11.9. The molecule has 39 heavy (non-hydrogen) atoms. The molecule has 0 bridgehead atoms. The Morgan fingerprint density at radius 1 is 1.10 bits per heavy atom. The first kappa shape index (κ1) is 26.4. The number of piperazine rings is 1. The highest BCUT2D eigenvalue weighted by atomic mass is 35.5. The number of nitrogens with two attached hydrogens (primary N) is 1. The fourth-order valence-electron chi connectivity index (χ4n) is 4.42. The molecule has 5 rings (SSSR count). The van der Waals surface area contributed by atoms with E-state index in [0.29, 0.717) is 37.4 Å². The van der Waals surface area contributed by atoms with Crippen molar-refractivity contribution in [2.45, 2.75) is 12.6 Å². The lowest BCUT2D eigenvalue weighted by atomic mass is 10.1. The number of rotatable bonds is 6. The Kier molecular flexibility index (Phi) is 7.14. The zero-order valence-electron chi connectivity index (χ0n) is 20.4. The van der Waals surface area contributed by atoms with Crippen LogP contribution in [0.5, 0.6) is 0 Å². The van der Waals surface area contributed by atoms with Crippen molar-refractivity contribution in [1.82, 2.24) is 34.4 Å². The van der Waals surface area contributed by atoms with Gasteiger partial charge < -0.3 is 20.9 Å². The number of amides is 2. The number of hydrogen-bond donors (Lipinski definition) is 3. The lowest BCUT2D eigenvalue weighted by Gasteiger charge is -2.35. The maximum absolute atomic E-state index is 13.4. The largest absolute Gasteiger partial charge is 0.433 e. The Morgan fingerprint density at radius 3 is 2.54 bits per heavy atom. The number of imidazole rings is 1. The molecule has 1 aromatic carbocycles. The summed E-state index contributed by atoms with van der Waals surface area (Å²) in [7, 11) is 0. The Hall–Kier alpha value is -4.17. The van der Waals surface area contributed by atoms with Crippen LogP contribution < -0.4 is 11.1 Å². The number of carbonyl (C=O) groups is 2. The fourth-order valence-corrected chi connectivity index (χ4v) is 4.68. The van der Waals surface area contributed by atoms with E-state index in [1.54, 1.807) is 28.0 Å². The zero-order valence-corrected chi connectivity index (χ0v) is 21.1. The third-order valence-corrected chi connectivity index (χ3v) is 6.68. The molecule has 0 unspecified atom stereocenters. The second-order valence-electron chi connectivity index (χ2n) is 8.80. The van der Waals surface area contributed by atoms with Crippen LogP contribution in [0.25, 0.3) is 16.9 Å². The normalized spacial score (nSPS) is 14.2. The third kappa shape index (κ3) is 5.25. The van der Waals surface area contributed by atoms with Gasteiger partial charge in [-0.25, -0.2) is 9.97 Å². The quantitative estimate of drug-likeness (QED) is 0.329. The Morgan fingerprint density at radius 2 is 1.85 bits per heavy atom. The summed E-state index contributed by atoms with van der Waals surface area (Å²) in [6.45, 7) is 1.89. The summed E-state index contributed by atoms with van der Waals surface area (Å²) in [5.74, 6) is -0.0118. The number of halogens is 4. The van der Waals surface area contributed by atoms with Crippen molar-refractivity contribution < 1.29 is 22.8 Å². The minimum absolute atomic E-state index is 0.0307. The van der Waals surface area contributed by atoms with Crippen molar-refractivity contribution in [3.8, 4) is 11.3 Å². The molecular formula is C24H23ClF3N9O2. The maximum Gasteiger partial charge on any atom is 0.433 e. The van der Waals surface area contributed by atoms with Crippen LogP contribution in [-0.4, -0.2) is 78.9 Å². The summed E-state index contributed by atoms with van der Waals surface area (Å²) < 4.78 is 41.6. The van der Waals surface area contributed by atoms with Crippen LogP contribution in [0.3, 0.4) is 0 Å². The van der Waals surface area contributed by atoms with Crippen LogP contribution in [0.4, 0.5) is 24.7 Å². The Balaban J connectivity index is 1.33. The monoisotopic (exact) mass is 561 g/mol. The van der Waals surface area contributed by atoms with Gasteiger partial charge in [-0.05, 0) is 18.2 Å². The number of hydrogen-bond acceptors (Lipinski definition) is 7. The molecule has 1 saturated heterocycles. The van der Waals surface area contributed by atoms with Crippen molar-refractivity contribution in [1.29, 1.82) is 0 Å². The molecule has 1 aliphatic heterocycles. The van der Waals surface area contributed by atoms with E-state index in [2.05, 4.69) is 20.4 Å². The summed E-state index contributed by atoms with van der Waals surface area (Å²) in [6.07, 6.45) is 0.970. The van der Waals surface area contributed by atoms with Gasteiger partial charge in [0.05, 0.1) is 34.2 Å². The van der Waals surface area contributed by atoms with Crippen molar-refractivity contribution in [3.05, 3.63) is 59.3 Å². The van der Waals surface area contributed by atoms with E-state index in [1.165, 1.54) is 23.0 Å². The van der Waals surface area contributed by atoms with Crippen molar-refractivity contribution in [2.24, 2.45) is 5.73 Å². The van der Waals surface area contributed by atoms with Gasteiger partial charge in [0.25, 0.3) is 5.91 Å². The summed E-state index contributed by atoms with van der Waals surface area (Å²) in [5, 5.41) is 8.80. The molecule has 1 fully saturated rings. The molecule has 0 spiro atoms. The Labute approximate surface area is 224 Å². The average molecular weight is 562 g/mol. The SMILES string of the molecule is NCCC(=O)N1CCN(C(=O)c2ccc(Nc3nccn4c(-c5cn[nH]c5C(F)(F)F)cnc34)cc2Cl)CC1. The second-order valence-corrected chi connectivity index (χ2v) is 9.21. The number of anilines is 2. The van der Waals surface area contributed by atoms with Crippen molar-refractivity contribution in [3.63, 3.8) is 0 Å². The molecule has 204 valence electrons. The van der Waals surface area contributed by atoms with Gasteiger partial charge in [-0.3, -0.25) is 19.1 Å². The topological polar surface area (TPSA) is 138 Å². The molecule has 0 saturated carbocycles. The molecule has 0 aliphatic carbocycles. The first-order chi connectivity index (χ1) is 18.7. The summed E-state index contributed by atoms with van der Waals surface area (Å²) in [5.41, 5.74) is 5.58. The molecule has 11 nitrogen and oxygen atoms in total. The van der Waals surface area contributed by atoms with E-state index in [-0.39, 0.29) is 52.5 Å². The van der Waals surface area contributed by atoms with E-state index in [9.17, 15) is 22.8 Å². The van der Waals surface area contributed by atoms with E-state index >= 15 is 0 Å². The number of benzene rings is 1. The molecule has 4 heterocycles.